The molecule has 0 spiro atoms. The lowest BCUT2D eigenvalue weighted by Crippen LogP contribution is -2.14. The molecule has 1 rings (SSSR count). The Morgan fingerprint density at radius 1 is 0.933 bits per heavy atom. The summed E-state index contributed by atoms with van der Waals surface area (Å²) in [5.41, 5.74) is 6.79. The number of hydrogen-bond acceptors (Lipinski definition) is 2. The molecule has 0 atom stereocenters. The van der Waals surface area contributed by atoms with E-state index in [0.717, 1.165) is 19.6 Å². The van der Waals surface area contributed by atoms with Crippen molar-refractivity contribution in [2.75, 3.05) is 13.1 Å². The monoisotopic (exact) mass is 206 g/mol. The van der Waals surface area contributed by atoms with Gasteiger partial charge in [-0.2, -0.15) is 0 Å². The summed E-state index contributed by atoms with van der Waals surface area (Å²) in [7, 11) is 0. The fraction of sp³-hybridized carbons (Fsp3) is 0.538. The second-order valence-electron chi connectivity index (χ2n) is 3.87. The zero-order valence-electron chi connectivity index (χ0n) is 9.41. The van der Waals surface area contributed by atoms with Gasteiger partial charge in [-0.05, 0) is 31.5 Å². The second-order valence-corrected chi connectivity index (χ2v) is 3.87. The van der Waals surface area contributed by atoms with Crippen LogP contribution in [0.15, 0.2) is 30.3 Å². The van der Waals surface area contributed by atoms with E-state index in [9.17, 15) is 0 Å². The van der Waals surface area contributed by atoms with E-state index in [4.69, 9.17) is 5.73 Å². The van der Waals surface area contributed by atoms with Crippen molar-refractivity contribution >= 4 is 0 Å². The number of rotatable bonds is 8. The van der Waals surface area contributed by atoms with Crippen molar-refractivity contribution in [2.45, 2.75) is 32.2 Å². The molecule has 0 aliphatic carbocycles. The van der Waals surface area contributed by atoms with E-state index in [1.807, 2.05) is 0 Å². The van der Waals surface area contributed by atoms with Gasteiger partial charge in [-0.25, -0.2) is 0 Å². The lowest BCUT2D eigenvalue weighted by atomic mass is 10.2. The van der Waals surface area contributed by atoms with Gasteiger partial charge in [0.15, 0.2) is 0 Å². The van der Waals surface area contributed by atoms with E-state index in [1.54, 1.807) is 0 Å². The van der Waals surface area contributed by atoms with Gasteiger partial charge in [-0.15, -0.1) is 0 Å². The van der Waals surface area contributed by atoms with E-state index >= 15 is 0 Å². The highest BCUT2D eigenvalue weighted by atomic mass is 14.8. The summed E-state index contributed by atoms with van der Waals surface area (Å²) in [6.07, 6.45) is 4.98. The van der Waals surface area contributed by atoms with Crippen molar-refractivity contribution in [1.82, 2.24) is 5.32 Å². The Labute approximate surface area is 92.9 Å². The summed E-state index contributed by atoms with van der Waals surface area (Å²) in [6, 6.07) is 10.5. The lowest BCUT2D eigenvalue weighted by molar-refractivity contribution is 0.590. The van der Waals surface area contributed by atoms with Crippen LogP contribution in [0.25, 0.3) is 0 Å². The lowest BCUT2D eigenvalue weighted by Gasteiger charge is -2.04. The molecule has 0 bridgehead atoms. The summed E-state index contributed by atoms with van der Waals surface area (Å²) in [4.78, 5) is 0. The largest absolute Gasteiger partial charge is 0.330 e. The first-order chi connectivity index (χ1) is 7.43. The first-order valence-corrected chi connectivity index (χ1v) is 5.88. The van der Waals surface area contributed by atoms with Gasteiger partial charge in [-0.3, -0.25) is 0 Å². The maximum atomic E-state index is 5.43. The van der Waals surface area contributed by atoms with Crippen molar-refractivity contribution in [1.29, 1.82) is 0 Å². The minimum absolute atomic E-state index is 0.831. The maximum absolute atomic E-state index is 5.43. The molecule has 0 unspecified atom stereocenters. The van der Waals surface area contributed by atoms with Gasteiger partial charge in [0.05, 0.1) is 0 Å². The Balaban J connectivity index is 1.93. The summed E-state index contributed by atoms with van der Waals surface area (Å²) in [5, 5.41) is 3.45. The van der Waals surface area contributed by atoms with Gasteiger partial charge in [0.1, 0.15) is 0 Å². The van der Waals surface area contributed by atoms with Crippen molar-refractivity contribution in [3.05, 3.63) is 35.9 Å². The number of hydrogen-bond donors (Lipinski definition) is 2. The molecule has 3 N–H and O–H groups in total. The second kappa shape index (κ2) is 8.45. The Morgan fingerprint density at radius 2 is 1.67 bits per heavy atom. The third kappa shape index (κ3) is 6.26. The Bertz CT molecular complexity index is 234. The highest BCUT2D eigenvalue weighted by Crippen LogP contribution is 1.99. The normalized spacial score (nSPS) is 10.5. The molecule has 2 nitrogen and oxygen atoms in total. The zero-order valence-corrected chi connectivity index (χ0v) is 9.41. The number of unbranched alkanes of at least 4 members (excludes halogenated alkanes) is 3. The molecule has 84 valence electrons. The summed E-state index contributed by atoms with van der Waals surface area (Å²) >= 11 is 0. The third-order valence-electron chi connectivity index (χ3n) is 2.48. The van der Waals surface area contributed by atoms with E-state index in [-0.39, 0.29) is 0 Å². The van der Waals surface area contributed by atoms with Crippen LogP contribution in [0.5, 0.6) is 0 Å². The van der Waals surface area contributed by atoms with Crippen molar-refractivity contribution in [3.8, 4) is 0 Å². The van der Waals surface area contributed by atoms with Crippen molar-refractivity contribution in [3.63, 3.8) is 0 Å². The summed E-state index contributed by atoms with van der Waals surface area (Å²) in [5.74, 6) is 0. The van der Waals surface area contributed by atoms with E-state index in [1.165, 1.54) is 31.2 Å². The fourth-order valence-electron chi connectivity index (χ4n) is 1.58. The molecule has 2 heteroatoms. The summed E-state index contributed by atoms with van der Waals surface area (Å²) in [6.45, 7) is 2.93. The predicted octanol–water partition coefficient (Wildman–Crippen LogP) is 2.30. The van der Waals surface area contributed by atoms with Crippen LogP contribution in [-0.4, -0.2) is 13.1 Å². The molecule has 0 heterocycles. The molecular formula is C13H22N2. The number of benzene rings is 1. The van der Waals surface area contributed by atoms with Gasteiger partial charge in [0.25, 0.3) is 0 Å². The minimum atomic E-state index is 0.831. The van der Waals surface area contributed by atoms with E-state index in [2.05, 4.69) is 35.6 Å². The SMILES string of the molecule is NCCCCCCNCc1ccccc1. The quantitative estimate of drug-likeness (QED) is 0.640. The van der Waals surface area contributed by atoms with Gasteiger partial charge in [-0.1, -0.05) is 43.2 Å². The molecule has 0 saturated heterocycles. The van der Waals surface area contributed by atoms with Crippen LogP contribution in [0, 0.1) is 0 Å². The van der Waals surface area contributed by atoms with E-state index in [0.29, 0.717) is 0 Å². The van der Waals surface area contributed by atoms with Crippen LogP contribution in [0.4, 0.5) is 0 Å². The first kappa shape index (κ1) is 12.2. The predicted molar refractivity (Wildman–Crippen MR) is 65.7 cm³/mol. The van der Waals surface area contributed by atoms with Crippen LogP contribution in [0.3, 0.4) is 0 Å². The topological polar surface area (TPSA) is 38.0 Å². The molecule has 0 aromatic heterocycles. The van der Waals surface area contributed by atoms with Crippen LogP contribution in [0.2, 0.25) is 0 Å². The smallest absolute Gasteiger partial charge is 0.0205 e. The molecular weight excluding hydrogens is 184 g/mol. The zero-order chi connectivity index (χ0) is 10.8. The highest BCUT2D eigenvalue weighted by Gasteiger charge is 1.91. The average molecular weight is 206 g/mol. The van der Waals surface area contributed by atoms with Crippen molar-refractivity contribution in [2.24, 2.45) is 5.73 Å². The molecule has 0 aliphatic heterocycles. The average Bonchev–Trinajstić information content (AvgIpc) is 2.29. The van der Waals surface area contributed by atoms with Crippen LogP contribution < -0.4 is 11.1 Å². The van der Waals surface area contributed by atoms with Crippen molar-refractivity contribution < 1.29 is 0 Å². The van der Waals surface area contributed by atoms with Crippen LogP contribution >= 0.6 is 0 Å². The molecule has 15 heavy (non-hydrogen) atoms. The molecule has 0 amide bonds. The molecule has 1 aromatic carbocycles. The number of nitrogens with one attached hydrogen (secondary N) is 1. The third-order valence-corrected chi connectivity index (χ3v) is 2.48. The van der Waals surface area contributed by atoms with E-state index < -0.39 is 0 Å². The Morgan fingerprint density at radius 3 is 2.40 bits per heavy atom. The molecule has 0 aliphatic rings. The van der Waals surface area contributed by atoms with Gasteiger partial charge >= 0.3 is 0 Å². The Kier molecular flexibility index (Phi) is 6.88. The first-order valence-electron chi connectivity index (χ1n) is 5.88. The van der Waals surface area contributed by atoms with Gasteiger partial charge in [0, 0.05) is 6.54 Å². The van der Waals surface area contributed by atoms with Gasteiger partial charge in [0.2, 0.25) is 0 Å². The highest BCUT2D eigenvalue weighted by molar-refractivity contribution is 5.14. The van der Waals surface area contributed by atoms with Crippen LogP contribution in [0.1, 0.15) is 31.2 Å². The Hall–Kier alpha value is -0.860. The fourth-order valence-corrected chi connectivity index (χ4v) is 1.58. The van der Waals surface area contributed by atoms with Gasteiger partial charge < -0.3 is 11.1 Å². The summed E-state index contributed by atoms with van der Waals surface area (Å²) < 4.78 is 0. The minimum Gasteiger partial charge on any atom is -0.330 e. The molecule has 0 saturated carbocycles. The molecule has 1 aromatic rings. The standard InChI is InChI=1S/C13H22N2/c14-10-6-1-2-7-11-15-12-13-8-4-3-5-9-13/h3-5,8-9,15H,1-2,6-7,10-12,14H2. The molecule has 0 fully saturated rings. The molecule has 0 radical (unpaired) electrons. The number of nitrogens with two attached hydrogens (primary N) is 1. The van der Waals surface area contributed by atoms with Crippen LogP contribution in [-0.2, 0) is 6.54 Å². The maximum Gasteiger partial charge on any atom is 0.0205 e.